The Kier molecular flexibility index (Phi) is 26.4. The lowest BCUT2D eigenvalue weighted by atomic mass is 9.81. The molecule has 0 heterocycles. The second-order valence-electron chi connectivity index (χ2n) is 21.8. The molecule has 0 N–H and O–H groups in total. The highest BCUT2D eigenvalue weighted by Crippen LogP contribution is 2.36. The fourth-order valence-electron chi connectivity index (χ4n) is 7.56. The van der Waals surface area contributed by atoms with Crippen molar-refractivity contribution < 1.29 is 0 Å². The second kappa shape index (κ2) is 27.5. The van der Waals surface area contributed by atoms with Gasteiger partial charge in [-0.05, 0) is 127 Å². The smallest absolute Gasteiger partial charge is 0.0181 e. The molecule has 0 aliphatic rings. The minimum absolute atomic E-state index is 0.557. The van der Waals surface area contributed by atoms with Crippen LogP contribution in [0.25, 0.3) is 11.1 Å². The van der Waals surface area contributed by atoms with Crippen molar-refractivity contribution in [2.24, 2.45) is 23.7 Å². The first-order valence-corrected chi connectivity index (χ1v) is 24.2. The van der Waals surface area contributed by atoms with E-state index in [1.54, 1.807) is 0 Å². The zero-order valence-corrected chi connectivity index (χ0v) is 43.4. The third-order valence-corrected chi connectivity index (χ3v) is 11.4. The molecule has 0 nitrogen and oxygen atoms in total. The minimum Gasteiger partial charge on any atom is -0.0628 e. The van der Waals surface area contributed by atoms with Gasteiger partial charge in [-0.25, -0.2) is 0 Å². The van der Waals surface area contributed by atoms with Crippen molar-refractivity contribution in [3.05, 3.63) is 93.0 Å². The fourth-order valence-corrected chi connectivity index (χ4v) is 7.56. The van der Waals surface area contributed by atoms with Crippen molar-refractivity contribution in [3.63, 3.8) is 0 Å². The van der Waals surface area contributed by atoms with Gasteiger partial charge in [-0.15, -0.1) is 0 Å². The van der Waals surface area contributed by atoms with Gasteiger partial charge in [0, 0.05) is 0 Å². The van der Waals surface area contributed by atoms with Crippen molar-refractivity contribution >= 4 is 0 Å². The Hall–Kier alpha value is -2.34. The van der Waals surface area contributed by atoms with E-state index in [-0.39, 0.29) is 0 Å². The quantitative estimate of drug-likeness (QED) is 0.144. The van der Waals surface area contributed by atoms with E-state index >= 15 is 0 Å². The first-order valence-electron chi connectivity index (χ1n) is 24.2. The lowest BCUT2D eigenvalue weighted by Crippen LogP contribution is -2.06. The number of rotatable bonds is 15. The van der Waals surface area contributed by atoms with Gasteiger partial charge in [0.05, 0.1) is 0 Å². The average molecular weight is 797 g/mol. The Labute approximate surface area is 365 Å². The minimum atomic E-state index is 0.557. The summed E-state index contributed by atoms with van der Waals surface area (Å²) in [4.78, 5) is 0. The molecule has 0 heteroatoms. The second-order valence-corrected chi connectivity index (χ2v) is 21.8. The Morgan fingerprint density at radius 3 is 0.552 bits per heavy atom. The molecule has 3 aromatic rings. The van der Waals surface area contributed by atoms with Crippen molar-refractivity contribution in [1.29, 1.82) is 0 Å². The lowest BCUT2D eigenvalue weighted by molar-refractivity contribution is 0.476. The first kappa shape index (κ1) is 55.7. The van der Waals surface area contributed by atoms with Crippen LogP contribution in [0.5, 0.6) is 0 Å². The van der Waals surface area contributed by atoms with E-state index in [0.717, 1.165) is 23.7 Å². The molecule has 0 saturated heterocycles. The summed E-state index contributed by atoms with van der Waals surface area (Å²) >= 11 is 0. The summed E-state index contributed by atoms with van der Waals surface area (Å²) in [5.74, 6) is 8.26. The van der Waals surface area contributed by atoms with Crippen LogP contribution in [0.3, 0.4) is 0 Å². The van der Waals surface area contributed by atoms with Gasteiger partial charge in [-0.2, -0.15) is 0 Å². The molecule has 0 unspecified atom stereocenters. The molecule has 58 heavy (non-hydrogen) atoms. The molecule has 0 aromatic heterocycles. The molecule has 0 atom stereocenters. The number of hydrogen-bond donors (Lipinski definition) is 0. The maximum atomic E-state index is 2.47. The van der Waals surface area contributed by atoms with Crippen LogP contribution < -0.4 is 0 Å². The van der Waals surface area contributed by atoms with Crippen molar-refractivity contribution in [1.82, 2.24) is 0 Å². The van der Waals surface area contributed by atoms with Gasteiger partial charge in [0.1, 0.15) is 0 Å². The zero-order chi connectivity index (χ0) is 45.2. The van der Waals surface area contributed by atoms with Crippen LogP contribution in [-0.2, 0) is 0 Å². The molecule has 0 spiro atoms. The standard InChI is InChI=1S/C24H34.C18H30.2C8H18/c1-15(2)21-11-9-19(13-23(21)17(5)6)20-10-12-22(16(3)4)24(14-20)18(7)8;1-11(2)15-9-17(13(5)6)18(14(7)8)10-16(15)12(3)4;2*1-7(2)5-6-8(3)4/h9-18H,1-8H3;9-14H,1-8H3;2*7-8H,5-6H2,1-4H3. The molecule has 0 fully saturated rings. The summed E-state index contributed by atoms with van der Waals surface area (Å²) in [7, 11) is 0. The van der Waals surface area contributed by atoms with Gasteiger partial charge >= 0.3 is 0 Å². The van der Waals surface area contributed by atoms with Gasteiger partial charge < -0.3 is 0 Å². The molecule has 3 rings (SSSR count). The summed E-state index contributed by atoms with van der Waals surface area (Å²) in [6.07, 6.45) is 5.55. The average Bonchev–Trinajstić information content (AvgIpc) is 3.12. The first-order chi connectivity index (χ1) is 26.7. The monoisotopic (exact) mass is 797 g/mol. The summed E-state index contributed by atoms with van der Waals surface area (Å²) in [5, 5.41) is 0. The van der Waals surface area contributed by atoms with Crippen molar-refractivity contribution in [2.75, 3.05) is 0 Å². The summed E-state index contributed by atoms with van der Waals surface area (Å²) in [6.45, 7) is 55.0. The Morgan fingerprint density at radius 2 is 0.397 bits per heavy atom. The van der Waals surface area contributed by atoms with Crippen LogP contribution in [0.2, 0.25) is 0 Å². The summed E-state index contributed by atoms with van der Waals surface area (Å²) in [5.41, 5.74) is 14.8. The molecular formula is C58H100. The third-order valence-electron chi connectivity index (χ3n) is 11.4. The predicted octanol–water partition coefficient (Wildman–Crippen LogP) is 20.2. The molecule has 0 aliphatic heterocycles. The fraction of sp³-hybridized carbons (Fsp3) is 0.690. The van der Waals surface area contributed by atoms with Crippen molar-refractivity contribution in [3.8, 4) is 11.1 Å². The van der Waals surface area contributed by atoms with Crippen molar-refractivity contribution in [2.45, 2.75) is 239 Å². The Morgan fingerprint density at radius 1 is 0.224 bits per heavy atom. The highest BCUT2D eigenvalue weighted by Gasteiger charge is 2.18. The van der Waals surface area contributed by atoms with Crippen LogP contribution >= 0.6 is 0 Å². The molecule has 332 valence electrons. The van der Waals surface area contributed by atoms with Gasteiger partial charge in [-0.3, -0.25) is 0 Å². The number of benzene rings is 3. The van der Waals surface area contributed by atoms with E-state index in [1.807, 2.05) is 0 Å². The maximum absolute atomic E-state index is 2.47. The highest BCUT2D eigenvalue weighted by molar-refractivity contribution is 5.67. The van der Waals surface area contributed by atoms with Gasteiger partial charge in [-0.1, -0.05) is 240 Å². The highest BCUT2D eigenvalue weighted by atomic mass is 14.2. The zero-order valence-electron chi connectivity index (χ0n) is 43.4. The topological polar surface area (TPSA) is 0 Å². The molecule has 3 aromatic carbocycles. The number of hydrogen-bond acceptors (Lipinski definition) is 0. The molecular weight excluding hydrogens is 697 g/mol. The van der Waals surface area contributed by atoms with E-state index < -0.39 is 0 Å². The van der Waals surface area contributed by atoms with Crippen LogP contribution in [-0.4, -0.2) is 0 Å². The normalized spacial score (nSPS) is 11.9. The molecule has 0 saturated carbocycles. The largest absolute Gasteiger partial charge is 0.0628 e. The van der Waals surface area contributed by atoms with Crippen LogP contribution in [0.15, 0.2) is 48.5 Å². The summed E-state index contributed by atoms with van der Waals surface area (Å²) < 4.78 is 0. The summed E-state index contributed by atoms with van der Waals surface area (Å²) in [6, 6.07) is 19.0. The van der Waals surface area contributed by atoms with Crippen LogP contribution in [0.4, 0.5) is 0 Å². The maximum Gasteiger partial charge on any atom is -0.0181 e. The molecule has 0 aliphatic carbocycles. The van der Waals surface area contributed by atoms with Gasteiger partial charge in [0.2, 0.25) is 0 Å². The van der Waals surface area contributed by atoms with E-state index in [2.05, 4.69) is 215 Å². The van der Waals surface area contributed by atoms with Crippen LogP contribution in [0.1, 0.15) is 284 Å². The van der Waals surface area contributed by atoms with E-state index in [0.29, 0.717) is 47.3 Å². The van der Waals surface area contributed by atoms with Crippen LogP contribution in [0, 0.1) is 23.7 Å². The van der Waals surface area contributed by atoms with E-state index in [1.165, 1.54) is 81.3 Å². The van der Waals surface area contributed by atoms with E-state index in [4.69, 9.17) is 0 Å². The predicted molar refractivity (Wildman–Crippen MR) is 269 cm³/mol. The SMILES string of the molecule is CC(C)CCC(C)C.CC(C)CCC(C)C.CC(C)c1cc(C(C)C)c(C(C)C)cc1C(C)C.CC(C)c1ccc(-c2ccc(C(C)C)c(C(C)C)c2)cc1C(C)C. The Balaban J connectivity index is 0.000000835. The molecule has 0 bridgehead atoms. The van der Waals surface area contributed by atoms with E-state index in [9.17, 15) is 0 Å². The Bertz CT molecular complexity index is 1360. The lowest BCUT2D eigenvalue weighted by Gasteiger charge is -2.24. The molecule has 0 radical (unpaired) electrons. The molecule has 0 amide bonds. The third kappa shape index (κ3) is 20.3. The van der Waals surface area contributed by atoms with Gasteiger partial charge in [0.15, 0.2) is 0 Å². The van der Waals surface area contributed by atoms with Gasteiger partial charge in [0.25, 0.3) is 0 Å².